The van der Waals surface area contributed by atoms with Gasteiger partial charge in [0.1, 0.15) is 11.9 Å². The zero-order valence-corrected chi connectivity index (χ0v) is 12.8. The Morgan fingerprint density at radius 2 is 2.10 bits per heavy atom. The molecule has 1 aliphatic rings. The molecule has 1 aliphatic carbocycles. The Bertz CT molecular complexity index is 594. The summed E-state index contributed by atoms with van der Waals surface area (Å²) in [4.78, 5) is 0. The summed E-state index contributed by atoms with van der Waals surface area (Å²) < 4.78 is 14.6. The van der Waals surface area contributed by atoms with Crippen LogP contribution in [0.3, 0.4) is 0 Å². The van der Waals surface area contributed by atoms with Gasteiger partial charge >= 0.3 is 0 Å². The topological polar surface area (TPSA) is 23.8 Å². The molecule has 0 saturated carbocycles. The van der Waals surface area contributed by atoms with E-state index in [1.165, 1.54) is 5.57 Å². The number of nitriles is 1. The van der Waals surface area contributed by atoms with E-state index in [1.807, 2.05) is 13.0 Å². The Morgan fingerprint density at radius 3 is 2.65 bits per heavy atom. The van der Waals surface area contributed by atoms with Crippen molar-refractivity contribution in [3.05, 3.63) is 46.3 Å². The van der Waals surface area contributed by atoms with Crippen LogP contribution >= 0.6 is 0 Å². The molecule has 1 aromatic rings. The van der Waals surface area contributed by atoms with Crippen LogP contribution in [-0.2, 0) is 6.42 Å². The molecule has 2 rings (SSSR count). The van der Waals surface area contributed by atoms with Crippen molar-refractivity contribution in [1.29, 1.82) is 5.26 Å². The van der Waals surface area contributed by atoms with Crippen molar-refractivity contribution in [2.45, 2.75) is 52.4 Å². The van der Waals surface area contributed by atoms with Gasteiger partial charge in [-0.1, -0.05) is 39.8 Å². The van der Waals surface area contributed by atoms with Gasteiger partial charge in [-0.15, -0.1) is 0 Å². The van der Waals surface area contributed by atoms with Crippen molar-refractivity contribution in [3.63, 3.8) is 0 Å². The molecule has 0 aliphatic heterocycles. The number of halogens is 1. The fraction of sp³-hybridized carbons (Fsp3) is 0.500. The lowest BCUT2D eigenvalue weighted by Crippen LogP contribution is -2.22. The van der Waals surface area contributed by atoms with Crippen LogP contribution in [0, 0.1) is 23.1 Å². The molecule has 0 bridgehead atoms. The summed E-state index contributed by atoms with van der Waals surface area (Å²) in [5.41, 5.74) is 4.30. The molecule has 1 aromatic carbocycles. The number of hydrogen-bond donors (Lipinski definition) is 0. The van der Waals surface area contributed by atoms with Crippen molar-refractivity contribution >= 4 is 0 Å². The van der Waals surface area contributed by atoms with Gasteiger partial charge in [0, 0.05) is 0 Å². The Morgan fingerprint density at radius 1 is 1.45 bits per heavy atom. The maximum absolute atomic E-state index is 14.6. The molecule has 1 nitrogen and oxygen atoms in total. The van der Waals surface area contributed by atoms with Gasteiger partial charge in [0.2, 0.25) is 0 Å². The Hall–Kier alpha value is -1.62. The highest BCUT2D eigenvalue weighted by atomic mass is 19.1. The quantitative estimate of drug-likeness (QED) is 0.689. The van der Waals surface area contributed by atoms with Gasteiger partial charge in [-0.05, 0) is 53.4 Å². The molecule has 0 radical (unpaired) electrons. The zero-order valence-electron chi connectivity index (χ0n) is 12.8. The van der Waals surface area contributed by atoms with E-state index in [2.05, 4.69) is 27.4 Å². The predicted octanol–water partition coefficient (Wildman–Crippen LogP) is 5.06. The van der Waals surface area contributed by atoms with E-state index in [-0.39, 0.29) is 17.3 Å². The smallest absolute Gasteiger partial charge is 0.144 e. The van der Waals surface area contributed by atoms with Crippen LogP contribution in [-0.4, -0.2) is 0 Å². The first kappa shape index (κ1) is 14.8. The van der Waals surface area contributed by atoms with Crippen LogP contribution in [0.4, 0.5) is 4.39 Å². The van der Waals surface area contributed by atoms with E-state index in [9.17, 15) is 9.65 Å². The number of fused-ring (bicyclic) bond motifs is 1. The molecule has 2 heteroatoms. The predicted molar refractivity (Wildman–Crippen MR) is 80.2 cm³/mol. The van der Waals surface area contributed by atoms with Crippen molar-refractivity contribution in [3.8, 4) is 6.07 Å². The SMILES string of the molecule is C=C1Cc2c(cc(C#N)c(F)c2C(C)CC)C(C)[C@H]1C. The molecule has 106 valence electrons. The lowest BCUT2D eigenvalue weighted by molar-refractivity contribution is 0.509. The van der Waals surface area contributed by atoms with E-state index < -0.39 is 0 Å². The monoisotopic (exact) mass is 271 g/mol. The molecule has 0 aromatic heterocycles. The Balaban J connectivity index is 2.75. The second-order valence-electron chi connectivity index (χ2n) is 6.05. The van der Waals surface area contributed by atoms with Crippen LogP contribution in [0.5, 0.6) is 0 Å². The van der Waals surface area contributed by atoms with Crippen LogP contribution in [0.15, 0.2) is 18.2 Å². The molecule has 0 heterocycles. The standard InChI is InChI=1S/C18H22FN/c1-6-10(2)17-16-7-11(3)12(4)13(5)15(16)8-14(9-20)18(17)19/h8,10,12-13H,3,6-7H2,1-2,4-5H3/t10?,12-,13?/m0/s1. The van der Waals surface area contributed by atoms with Gasteiger partial charge in [0.05, 0.1) is 5.56 Å². The van der Waals surface area contributed by atoms with Gasteiger partial charge in [-0.2, -0.15) is 5.26 Å². The molecule has 0 amide bonds. The third kappa shape index (κ3) is 2.16. The highest BCUT2D eigenvalue weighted by Gasteiger charge is 2.31. The maximum Gasteiger partial charge on any atom is 0.144 e. The third-order valence-corrected chi connectivity index (χ3v) is 4.96. The molecule has 0 fully saturated rings. The highest BCUT2D eigenvalue weighted by Crippen LogP contribution is 2.43. The number of hydrogen-bond acceptors (Lipinski definition) is 1. The van der Waals surface area contributed by atoms with Crippen molar-refractivity contribution < 1.29 is 4.39 Å². The minimum absolute atomic E-state index is 0.130. The first-order chi connectivity index (χ1) is 9.42. The zero-order chi connectivity index (χ0) is 15.0. The summed E-state index contributed by atoms with van der Waals surface area (Å²) in [5.74, 6) is 0.478. The first-order valence-electron chi connectivity index (χ1n) is 7.35. The van der Waals surface area contributed by atoms with E-state index in [0.717, 1.165) is 29.5 Å². The summed E-state index contributed by atoms with van der Waals surface area (Å²) in [7, 11) is 0. The average Bonchev–Trinajstić information content (AvgIpc) is 2.44. The van der Waals surface area contributed by atoms with E-state index in [1.54, 1.807) is 6.07 Å². The summed E-state index contributed by atoms with van der Waals surface area (Å²) in [6.07, 6.45) is 1.61. The number of nitrogens with zero attached hydrogens (tertiary/aromatic N) is 1. The molecule has 2 unspecified atom stereocenters. The largest absolute Gasteiger partial charge is 0.205 e. The minimum atomic E-state index is -0.324. The van der Waals surface area contributed by atoms with E-state index >= 15 is 0 Å². The minimum Gasteiger partial charge on any atom is -0.205 e. The number of benzene rings is 1. The van der Waals surface area contributed by atoms with Crippen molar-refractivity contribution in [1.82, 2.24) is 0 Å². The van der Waals surface area contributed by atoms with Gasteiger partial charge in [-0.3, -0.25) is 0 Å². The fourth-order valence-electron chi connectivity index (χ4n) is 3.15. The Kier molecular flexibility index (Phi) is 3.99. The van der Waals surface area contributed by atoms with Gasteiger partial charge in [-0.25, -0.2) is 4.39 Å². The maximum atomic E-state index is 14.6. The second kappa shape index (κ2) is 5.40. The van der Waals surface area contributed by atoms with Crippen LogP contribution in [0.1, 0.15) is 68.2 Å². The van der Waals surface area contributed by atoms with Crippen molar-refractivity contribution in [2.24, 2.45) is 5.92 Å². The number of rotatable bonds is 2. The van der Waals surface area contributed by atoms with Gasteiger partial charge < -0.3 is 0 Å². The number of allylic oxidation sites excluding steroid dienone is 1. The van der Waals surface area contributed by atoms with Crippen LogP contribution in [0.25, 0.3) is 0 Å². The van der Waals surface area contributed by atoms with Gasteiger partial charge in [0.15, 0.2) is 0 Å². The normalized spacial score (nSPS) is 23.1. The molecule has 20 heavy (non-hydrogen) atoms. The average molecular weight is 271 g/mol. The van der Waals surface area contributed by atoms with Crippen LogP contribution in [0.2, 0.25) is 0 Å². The molecule has 0 spiro atoms. The highest BCUT2D eigenvalue weighted by molar-refractivity contribution is 5.51. The molecular formula is C18H22FN. The summed E-state index contributed by atoms with van der Waals surface area (Å²) in [5, 5.41) is 9.20. The second-order valence-corrected chi connectivity index (χ2v) is 6.05. The molecule has 3 atom stereocenters. The lowest BCUT2D eigenvalue weighted by Gasteiger charge is -2.33. The summed E-state index contributed by atoms with van der Waals surface area (Å²) >= 11 is 0. The van der Waals surface area contributed by atoms with Crippen molar-refractivity contribution in [2.75, 3.05) is 0 Å². The lowest BCUT2D eigenvalue weighted by atomic mass is 9.71. The van der Waals surface area contributed by atoms with Crippen LogP contribution < -0.4 is 0 Å². The molecule has 0 saturated heterocycles. The third-order valence-electron chi connectivity index (χ3n) is 4.96. The van der Waals surface area contributed by atoms with E-state index in [0.29, 0.717) is 11.8 Å². The molecular weight excluding hydrogens is 249 g/mol. The van der Waals surface area contributed by atoms with E-state index in [4.69, 9.17) is 0 Å². The summed E-state index contributed by atoms with van der Waals surface area (Å²) in [6, 6.07) is 3.77. The first-order valence-corrected chi connectivity index (χ1v) is 7.35. The summed E-state index contributed by atoms with van der Waals surface area (Å²) in [6.45, 7) is 12.6. The fourth-order valence-corrected chi connectivity index (χ4v) is 3.15. The Labute approximate surface area is 121 Å². The molecule has 0 N–H and O–H groups in total. The van der Waals surface area contributed by atoms with Gasteiger partial charge in [0.25, 0.3) is 0 Å².